The van der Waals surface area contributed by atoms with E-state index in [1.165, 1.54) is 6.07 Å². The van der Waals surface area contributed by atoms with Gasteiger partial charge in [0.2, 0.25) is 0 Å². The number of rotatable bonds is 2. The highest BCUT2D eigenvalue weighted by Gasteiger charge is 2.23. The first-order valence-corrected chi connectivity index (χ1v) is 6.07. The number of hydrogen-bond acceptors (Lipinski definition) is 4. The molecule has 1 aliphatic heterocycles. The third-order valence-corrected chi connectivity index (χ3v) is 3.41. The first-order valence-electron chi connectivity index (χ1n) is 6.07. The number of nitrogens with one attached hydrogen (secondary N) is 1. The molecule has 0 spiro atoms. The van der Waals surface area contributed by atoms with Crippen LogP contribution in [0, 0.1) is 0 Å². The lowest BCUT2D eigenvalue weighted by atomic mass is 10.0. The molecule has 1 saturated heterocycles. The fraction of sp³-hybridized carbons (Fsp3) is 0.538. The minimum Gasteiger partial charge on any atom is -0.508 e. The molecule has 0 saturated carbocycles. The smallest absolute Gasteiger partial charge is 0.120 e. The monoisotopic (exact) mass is 236 g/mol. The number of phenols is 2. The lowest BCUT2D eigenvalue weighted by Gasteiger charge is -2.36. The summed E-state index contributed by atoms with van der Waals surface area (Å²) in [6.07, 6.45) is 0. The molecule has 4 nitrogen and oxygen atoms in total. The van der Waals surface area contributed by atoms with Crippen molar-refractivity contribution >= 4 is 0 Å². The van der Waals surface area contributed by atoms with E-state index < -0.39 is 0 Å². The molecule has 1 aliphatic rings. The molecule has 0 aliphatic carbocycles. The summed E-state index contributed by atoms with van der Waals surface area (Å²) in [7, 11) is 0. The molecule has 0 amide bonds. The van der Waals surface area contributed by atoms with Gasteiger partial charge in [0.15, 0.2) is 0 Å². The van der Waals surface area contributed by atoms with Crippen molar-refractivity contribution in [1.29, 1.82) is 0 Å². The molecular formula is C13H20N2O2. The Morgan fingerprint density at radius 2 is 2.18 bits per heavy atom. The highest BCUT2D eigenvalue weighted by Crippen LogP contribution is 2.31. The molecular weight excluding hydrogens is 216 g/mol. The van der Waals surface area contributed by atoms with Gasteiger partial charge < -0.3 is 15.5 Å². The number of hydrogen-bond donors (Lipinski definition) is 3. The first kappa shape index (κ1) is 12.2. The molecule has 2 atom stereocenters. The molecule has 1 aromatic carbocycles. The van der Waals surface area contributed by atoms with Gasteiger partial charge in [0.25, 0.3) is 0 Å². The molecule has 17 heavy (non-hydrogen) atoms. The molecule has 1 fully saturated rings. The Bertz CT molecular complexity index is 395. The van der Waals surface area contributed by atoms with Crippen molar-refractivity contribution in [1.82, 2.24) is 10.2 Å². The first-order chi connectivity index (χ1) is 8.08. The summed E-state index contributed by atoms with van der Waals surface area (Å²) < 4.78 is 0. The van der Waals surface area contributed by atoms with Gasteiger partial charge >= 0.3 is 0 Å². The molecule has 2 rings (SSSR count). The quantitative estimate of drug-likeness (QED) is 0.680. The molecule has 94 valence electrons. The summed E-state index contributed by atoms with van der Waals surface area (Å²) in [6, 6.07) is 5.28. The van der Waals surface area contributed by atoms with E-state index in [-0.39, 0.29) is 17.5 Å². The summed E-state index contributed by atoms with van der Waals surface area (Å²) in [5.74, 6) is 0.453. The number of piperazine rings is 1. The van der Waals surface area contributed by atoms with Gasteiger partial charge in [-0.3, -0.25) is 4.90 Å². The van der Waals surface area contributed by atoms with Crippen LogP contribution < -0.4 is 5.32 Å². The zero-order valence-corrected chi connectivity index (χ0v) is 10.3. The van der Waals surface area contributed by atoms with Crippen molar-refractivity contribution in [2.75, 3.05) is 19.6 Å². The van der Waals surface area contributed by atoms with Gasteiger partial charge in [-0.05, 0) is 32.0 Å². The van der Waals surface area contributed by atoms with Crippen molar-refractivity contribution in [2.45, 2.75) is 25.9 Å². The highest BCUT2D eigenvalue weighted by atomic mass is 16.3. The Labute approximate surface area is 102 Å². The second-order valence-electron chi connectivity index (χ2n) is 4.77. The lowest BCUT2D eigenvalue weighted by molar-refractivity contribution is 0.156. The largest absolute Gasteiger partial charge is 0.508 e. The van der Waals surface area contributed by atoms with Crippen LogP contribution in [0.15, 0.2) is 18.2 Å². The maximum atomic E-state index is 9.85. The standard InChI is InChI=1S/C13H20N2O2/c1-9-8-15(6-5-14-9)10(2)12-7-11(16)3-4-13(12)17/h3-4,7,9-10,14,16-17H,5-6,8H2,1-2H3. The zero-order valence-electron chi connectivity index (χ0n) is 10.3. The van der Waals surface area contributed by atoms with E-state index in [0.717, 1.165) is 25.2 Å². The van der Waals surface area contributed by atoms with E-state index in [4.69, 9.17) is 0 Å². The molecule has 0 radical (unpaired) electrons. The number of aromatic hydroxyl groups is 2. The van der Waals surface area contributed by atoms with Crippen molar-refractivity contribution in [2.24, 2.45) is 0 Å². The predicted molar refractivity (Wildman–Crippen MR) is 67.2 cm³/mol. The van der Waals surface area contributed by atoms with E-state index in [9.17, 15) is 10.2 Å². The summed E-state index contributed by atoms with van der Waals surface area (Å²) in [5.41, 5.74) is 0.791. The van der Waals surface area contributed by atoms with Crippen LogP contribution in [0.1, 0.15) is 25.5 Å². The van der Waals surface area contributed by atoms with E-state index in [1.54, 1.807) is 12.1 Å². The Kier molecular flexibility index (Phi) is 3.54. The van der Waals surface area contributed by atoms with Crippen LogP contribution in [0.25, 0.3) is 0 Å². The Morgan fingerprint density at radius 1 is 1.41 bits per heavy atom. The average molecular weight is 236 g/mol. The van der Waals surface area contributed by atoms with Crippen LogP contribution in [0.5, 0.6) is 11.5 Å². The topological polar surface area (TPSA) is 55.7 Å². The Hall–Kier alpha value is -1.26. The number of nitrogens with zero attached hydrogens (tertiary/aromatic N) is 1. The van der Waals surface area contributed by atoms with E-state index in [2.05, 4.69) is 24.1 Å². The Balaban J connectivity index is 2.18. The zero-order chi connectivity index (χ0) is 12.4. The minimum absolute atomic E-state index is 0.117. The van der Waals surface area contributed by atoms with E-state index in [1.807, 2.05) is 0 Å². The molecule has 3 N–H and O–H groups in total. The van der Waals surface area contributed by atoms with Gasteiger partial charge in [-0.1, -0.05) is 0 Å². The Morgan fingerprint density at radius 3 is 2.88 bits per heavy atom. The number of benzene rings is 1. The summed E-state index contributed by atoms with van der Waals surface area (Å²) >= 11 is 0. The third kappa shape index (κ3) is 2.70. The van der Waals surface area contributed by atoms with Gasteiger partial charge in [0, 0.05) is 37.3 Å². The van der Waals surface area contributed by atoms with Crippen LogP contribution >= 0.6 is 0 Å². The fourth-order valence-electron chi connectivity index (χ4n) is 2.39. The van der Waals surface area contributed by atoms with Gasteiger partial charge in [0.05, 0.1) is 0 Å². The van der Waals surface area contributed by atoms with Gasteiger partial charge in [-0.2, -0.15) is 0 Å². The van der Waals surface area contributed by atoms with Crippen LogP contribution in [0.2, 0.25) is 0 Å². The van der Waals surface area contributed by atoms with Crippen molar-refractivity contribution < 1.29 is 10.2 Å². The normalized spacial score (nSPS) is 23.5. The summed E-state index contributed by atoms with van der Waals surface area (Å²) in [4.78, 5) is 2.32. The summed E-state index contributed by atoms with van der Waals surface area (Å²) in [5, 5.41) is 22.7. The number of phenolic OH excluding ortho intramolecular Hbond substituents is 2. The average Bonchev–Trinajstić information content (AvgIpc) is 2.31. The van der Waals surface area contributed by atoms with Gasteiger partial charge in [-0.25, -0.2) is 0 Å². The second-order valence-corrected chi connectivity index (χ2v) is 4.77. The van der Waals surface area contributed by atoms with Crippen LogP contribution in [-0.4, -0.2) is 40.8 Å². The molecule has 0 aromatic heterocycles. The van der Waals surface area contributed by atoms with E-state index in [0.29, 0.717) is 6.04 Å². The molecule has 1 aromatic rings. The lowest BCUT2D eigenvalue weighted by Crippen LogP contribution is -2.49. The van der Waals surface area contributed by atoms with Crippen LogP contribution in [0.3, 0.4) is 0 Å². The van der Waals surface area contributed by atoms with Crippen molar-refractivity contribution in [3.8, 4) is 11.5 Å². The molecule has 4 heteroatoms. The van der Waals surface area contributed by atoms with Gasteiger partial charge in [0.1, 0.15) is 11.5 Å². The minimum atomic E-state index is 0.117. The summed E-state index contributed by atoms with van der Waals surface area (Å²) in [6.45, 7) is 7.09. The molecule has 2 unspecified atom stereocenters. The second kappa shape index (κ2) is 4.94. The highest BCUT2D eigenvalue weighted by molar-refractivity contribution is 5.40. The fourth-order valence-corrected chi connectivity index (χ4v) is 2.39. The van der Waals surface area contributed by atoms with E-state index >= 15 is 0 Å². The predicted octanol–water partition coefficient (Wildman–Crippen LogP) is 1.45. The molecule has 1 heterocycles. The maximum Gasteiger partial charge on any atom is 0.120 e. The maximum absolute atomic E-state index is 9.85. The van der Waals surface area contributed by atoms with Crippen LogP contribution in [-0.2, 0) is 0 Å². The van der Waals surface area contributed by atoms with Crippen molar-refractivity contribution in [3.05, 3.63) is 23.8 Å². The molecule has 0 bridgehead atoms. The van der Waals surface area contributed by atoms with Crippen LogP contribution in [0.4, 0.5) is 0 Å². The SMILES string of the molecule is CC1CN(C(C)c2cc(O)ccc2O)CCN1. The third-order valence-electron chi connectivity index (χ3n) is 3.41. The van der Waals surface area contributed by atoms with Gasteiger partial charge in [-0.15, -0.1) is 0 Å². The van der Waals surface area contributed by atoms with Crippen molar-refractivity contribution in [3.63, 3.8) is 0 Å².